The maximum Gasteiger partial charge on any atom is 0.220 e. The number of aliphatic hydroxyl groups excluding tert-OH is 3. The number of carbonyl (C=O) groups is 1. The minimum Gasteiger partial charge on any atom is -0.394 e. The third-order valence-electron chi connectivity index (χ3n) is 9.78. The van der Waals surface area contributed by atoms with E-state index < -0.39 is 18.2 Å². The van der Waals surface area contributed by atoms with E-state index in [2.05, 4.69) is 43.5 Å². The van der Waals surface area contributed by atoms with E-state index in [9.17, 15) is 20.1 Å². The van der Waals surface area contributed by atoms with Gasteiger partial charge in [0, 0.05) is 6.42 Å². The van der Waals surface area contributed by atoms with Crippen LogP contribution in [0.1, 0.15) is 219 Å². The maximum absolute atomic E-state index is 12.3. The highest BCUT2D eigenvalue weighted by Crippen LogP contribution is 2.15. The standard InChI is InChI=1S/C43H83NO4/c1-3-5-7-9-11-13-15-17-18-19-20-21-22-23-24-25-26-27-29-31-33-35-37-41(46)43(48)40(39-45)44-42(47)38-36-34-32-30-28-16-14-12-10-8-6-4-2/h12,14,29,31,40-41,43,45-46,48H,3-11,13,15-28,30,32-39H2,1-2H3,(H,44,47)/b14-12-,31-29+. The summed E-state index contributed by atoms with van der Waals surface area (Å²) in [5, 5.41) is 33.4. The van der Waals surface area contributed by atoms with Crippen molar-refractivity contribution in [1.29, 1.82) is 0 Å². The normalized spacial score (nSPS) is 13.9. The van der Waals surface area contributed by atoms with Crippen LogP contribution in [0, 0.1) is 0 Å². The van der Waals surface area contributed by atoms with Crippen LogP contribution in [0.5, 0.6) is 0 Å². The van der Waals surface area contributed by atoms with Crippen molar-refractivity contribution in [3.05, 3.63) is 24.3 Å². The van der Waals surface area contributed by atoms with Gasteiger partial charge in [0.2, 0.25) is 5.91 Å². The number of carbonyl (C=O) groups excluding carboxylic acids is 1. The highest BCUT2D eigenvalue weighted by Gasteiger charge is 2.26. The van der Waals surface area contributed by atoms with Crippen molar-refractivity contribution < 1.29 is 20.1 Å². The van der Waals surface area contributed by atoms with Gasteiger partial charge in [-0.15, -0.1) is 0 Å². The molecule has 0 fully saturated rings. The molecule has 3 atom stereocenters. The van der Waals surface area contributed by atoms with Crippen LogP contribution in [0.3, 0.4) is 0 Å². The molecule has 0 saturated heterocycles. The zero-order valence-corrected chi connectivity index (χ0v) is 32.1. The van der Waals surface area contributed by atoms with Crippen LogP contribution >= 0.6 is 0 Å². The van der Waals surface area contributed by atoms with Gasteiger partial charge < -0.3 is 20.6 Å². The zero-order chi connectivity index (χ0) is 35.2. The SMILES string of the molecule is CCCCC/C=C\CCCCCCCC(=O)NC(CO)C(O)C(O)CCC/C=C/CCCCCCCCCCCCCCCCCCC. The first kappa shape index (κ1) is 46.8. The fourth-order valence-electron chi connectivity index (χ4n) is 6.45. The van der Waals surface area contributed by atoms with E-state index in [1.807, 2.05) is 0 Å². The lowest BCUT2D eigenvalue weighted by Gasteiger charge is -2.26. The van der Waals surface area contributed by atoms with Crippen LogP contribution < -0.4 is 5.32 Å². The third kappa shape index (κ3) is 33.3. The largest absolute Gasteiger partial charge is 0.394 e. The first-order chi connectivity index (χ1) is 23.6. The van der Waals surface area contributed by atoms with E-state index in [1.165, 1.54) is 148 Å². The predicted octanol–water partition coefficient (Wildman–Crippen LogP) is 11.8. The Balaban J connectivity index is 3.65. The van der Waals surface area contributed by atoms with Crippen LogP contribution in [0.25, 0.3) is 0 Å². The maximum atomic E-state index is 12.3. The number of amides is 1. The number of hydrogen-bond donors (Lipinski definition) is 4. The number of unbranched alkanes of at least 4 members (excludes halogenated alkanes) is 26. The molecule has 0 aromatic carbocycles. The molecule has 4 N–H and O–H groups in total. The molecule has 0 spiro atoms. The minimum atomic E-state index is -1.16. The van der Waals surface area contributed by atoms with Gasteiger partial charge in [0.1, 0.15) is 6.10 Å². The smallest absolute Gasteiger partial charge is 0.220 e. The topological polar surface area (TPSA) is 89.8 Å². The molecule has 3 unspecified atom stereocenters. The summed E-state index contributed by atoms with van der Waals surface area (Å²) in [5.74, 6) is -0.164. The monoisotopic (exact) mass is 678 g/mol. The van der Waals surface area contributed by atoms with Crippen molar-refractivity contribution >= 4 is 5.91 Å². The van der Waals surface area contributed by atoms with Crippen LogP contribution in [-0.2, 0) is 4.79 Å². The molecule has 0 radical (unpaired) electrons. The van der Waals surface area contributed by atoms with E-state index in [-0.39, 0.29) is 12.5 Å². The van der Waals surface area contributed by atoms with Crippen LogP contribution in [0.4, 0.5) is 0 Å². The Hall–Kier alpha value is -1.17. The summed E-state index contributed by atoms with van der Waals surface area (Å²) in [6.45, 7) is 4.14. The summed E-state index contributed by atoms with van der Waals surface area (Å²) in [4.78, 5) is 12.3. The summed E-state index contributed by atoms with van der Waals surface area (Å²) >= 11 is 0. The Morgan fingerprint density at radius 3 is 1.25 bits per heavy atom. The third-order valence-corrected chi connectivity index (χ3v) is 9.78. The molecule has 0 aromatic heterocycles. The van der Waals surface area contributed by atoms with Gasteiger partial charge in [-0.25, -0.2) is 0 Å². The molecule has 0 rings (SSSR count). The van der Waals surface area contributed by atoms with E-state index in [0.29, 0.717) is 12.8 Å². The number of rotatable bonds is 38. The average molecular weight is 678 g/mol. The van der Waals surface area contributed by atoms with Crippen LogP contribution in [0.15, 0.2) is 24.3 Å². The molecule has 0 aliphatic heterocycles. The van der Waals surface area contributed by atoms with Gasteiger partial charge in [0.25, 0.3) is 0 Å². The highest BCUT2D eigenvalue weighted by atomic mass is 16.3. The minimum absolute atomic E-state index is 0.164. The molecule has 0 aliphatic carbocycles. The highest BCUT2D eigenvalue weighted by molar-refractivity contribution is 5.76. The molecular weight excluding hydrogens is 594 g/mol. The summed E-state index contributed by atoms with van der Waals surface area (Å²) in [5.41, 5.74) is 0. The van der Waals surface area contributed by atoms with E-state index in [1.54, 1.807) is 0 Å². The number of allylic oxidation sites excluding steroid dienone is 4. The summed E-state index contributed by atoms with van der Waals surface area (Å²) in [6.07, 6.45) is 45.8. The summed E-state index contributed by atoms with van der Waals surface area (Å²) in [6, 6.07) is -0.827. The zero-order valence-electron chi connectivity index (χ0n) is 32.1. The van der Waals surface area contributed by atoms with Crippen molar-refractivity contribution in [2.75, 3.05) is 6.61 Å². The van der Waals surface area contributed by atoms with Crippen molar-refractivity contribution in [2.24, 2.45) is 0 Å². The van der Waals surface area contributed by atoms with Crippen molar-refractivity contribution in [3.63, 3.8) is 0 Å². The first-order valence-corrected chi connectivity index (χ1v) is 21.1. The Bertz CT molecular complexity index is 709. The Morgan fingerprint density at radius 2 is 0.833 bits per heavy atom. The second-order valence-corrected chi connectivity index (χ2v) is 14.5. The molecule has 0 heterocycles. The molecule has 48 heavy (non-hydrogen) atoms. The lowest BCUT2D eigenvalue weighted by atomic mass is 10.0. The van der Waals surface area contributed by atoms with Crippen LogP contribution in [0.2, 0.25) is 0 Å². The Kier molecular flexibility index (Phi) is 37.7. The molecule has 0 saturated carbocycles. The van der Waals surface area contributed by atoms with Crippen molar-refractivity contribution in [1.82, 2.24) is 5.32 Å². The molecule has 5 nitrogen and oxygen atoms in total. The average Bonchev–Trinajstić information content (AvgIpc) is 3.09. The summed E-state index contributed by atoms with van der Waals surface area (Å²) < 4.78 is 0. The van der Waals surface area contributed by atoms with Crippen molar-refractivity contribution in [2.45, 2.75) is 238 Å². The second-order valence-electron chi connectivity index (χ2n) is 14.5. The van der Waals surface area contributed by atoms with E-state index in [4.69, 9.17) is 0 Å². The molecule has 0 aliphatic rings. The fraction of sp³-hybridized carbons (Fsp3) is 0.884. The predicted molar refractivity (Wildman–Crippen MR) is 208 cm³/mol. The summed E-state index contributed by atoms with van der Waals surface area (Å²) in [7, 11) is 0. The molecule has 284 valence electrons. The van der Waals surface area contributed by atoms with Gasteiger partial charge in [-0.05, 0) is 64.2 Å². The molecule has 5 heteroatoms. The Morgan fingerprint density at radius 1 is 0.500 bits per heavy atom. The molecule has 1 amide bonds. The molecular formula is C43H83NO4. The molecule has 0 aromatic rings. The lowest BCUT2D eigenvalue weighted by molar-refractivity contribution is -0.124. The second kappa shape index (κ2) is 38.6. The van der Waals surface area contributed by atoms with Crippen LogP contribution in [-0.4, -0.2) is 46.1 Å². The van der Waals surface area contributed by atoms with E-state index >= 15 is 0 Å². The number of hydrogen-bond acceptors (Lipinski definition) is 4. The lowest BCUT2D eigenvalue weighted by Crippen LogP contribution is -2.50. The van der Waals surface area contributed by atoms with Crippen molar-refractivity contribution in [3.8, 4) is 0 Å². The van der Waals surface area contributed by atoms with Gasteiger partial charge in [-0.2, -0.15) is 0 Å². The molecule has 0 bridgehead atoms. The number of nitrogens with one attached hydrogen (secondary N) is 1. The fourth-order valence-corrected chi connectivity index (χ4v) is 6.45. The number of aliphatic hydroxyl groups is 3. The van der Waals surface area contributed by atoms with Gasteiger partial charge in [0.15, 0.2) is 0 Å². The van der Waals surface area contributed by atoms with Gasteiger partial charge in [-0.1, -0.05) is 173 Å². The van der Waals surface area contributed by atoms with Gasteiger partial charge >= 0.3 is 0 Å². The van der Waals surface area contributed by atoms with Gasteiger partial charge in [0.05, 0.1) is 18.8 Å². The van der Waals surface area contributed by atoms with Gasteiger partial charge in [-0.3, -0.25) is 4.79 Å². The quantitative estimate of drug-likeness (QED) is 0.0387. The first-order valence-electron chi connectivity index (χ1n) is 21.1. The Labute approximate surface area is 299 Å². The van der Waals surface area contributed by atoms with E-state index in [0.717, 1.165) is 44.9 Å².